The van der Waals surface area contributed by atoms with Crippen LogP contribution in [-0.2, 0) is 0 Å². The summed E-state index contributed by atoms with van der Waals surface area (Å²) in [7, 11) is 0. The second-order valence-electron chi connectivity index (χ2n) is 2.87. The Kier molecular flexibility index (Phi) is 1.88. The van der Waals surface area contributed by atoms with Gasteiger partial charge in [-0.25, -0.2) is 0 Å². The summed E-state index contributed by atoms with van der Waals surface area (Å²) in [5.41, 5.74) is 2.37. The Hall–Kier alpha value is -0.838. The minimum atomic E-state index is 1.09. The molecular weight excluding hydrogens is 161 g/mol. The van der Waals surface area contributed by atoms with Crippen LogP contribution >= 0.6 is 0 Å². The molecule has 56 valence electrons. The van der Waals surface area contributed by atoms with Gasteiger partial charge < -0.3 is 0 Å². The molecule has 0 N–H and O–H groups in total. The van der Waals surface area contributed by atoms with Crippen molar-refractivity contribution in [3.05, 3.63) is 36.0 Å². The third kappa shape index (κ3) is 1.14. The molecule has 2 radical (unpaired) electrons. The predicted molar refractivity (Wildman–Crippen MR) is 51.9 cm³/mol. The Labute approximate surface area is 79.9 Å². The van der Waals surface area contributed by atoms with Gasteiger partial charge in [0.1, 0.15) is 0 Å². The first-order chi connectivity index (χ1) is 5.79. The SMILES string of the molecule is Cc1cc[c]([Al])c2ncccc12. The van der Waals surface area contributed by atoms with Crippen molar-refractivity contribution in [2.24, 2.45) is 0 Å². The van der Waals surface area contributed by atoms with Crippen LogP contribution in [0, 0.1) is 6.92 Å². The lowest BCUT2D eigenvalue weighted by Gasteiger charge is -2.03. The zero-order valence-electron chi connectivity index (χ0n) is 6.91. The molecule has 0 atom stereocenters. The number of rotatable bonds is 0. The molecule has 0 amide bonds. The van der Waals surface area contributed by atoms with Crippen molar-refractivity contribution in [3.8, 4) is 0 Å². The summed E-state index contributed by atoms with van der Waals surface area (Å²) in [5, 5.41) is 1.24. The third-order valence-corrected chi connectivity index (χ3v) is 2.48. The van der Waals surface area contributed by atoms with E-state index in [1.54, 1.807) is 0 Å². The van der Waals surface area contributed by atoms with Gasteiger partial charge in [-0.05, 0) is 18.6 Å². The highest BCUT2D eigenvalue weighted by molar-refractivity contribution is 6.38. The van der Waals surface area contributed by atoms with Crippen LogP contribution < -0.4 is 4.43 Å². The Morgan fingerprint density at radius 2 is 2.08 bits per heavy atom. The van der Waals surface area contributed by atoms with E-state index in [1.165, 1.54) is 10.9 Å². The molecule has 2 aromatic rings. The first-order valence-corrected chi connectivity index (χ1v) is 4.46. The van der Waals surface area contributed by atoms with Crippen molar-refractivity contribution in [3.63, 3.8) is 0 Å². The van der Waals surface area contributed by atoms with E-state index in [4.69, 9.17) is 0 Å². The number of hydrogen-bond acceptors (Lipinski definition) is 1. The van der Waals surface area contributed by atoms with Crippen molar-refractivity contribution in [2.45, 2.75) is 6.92 Å². The first kappa shape index (κ1) is 7.79. The van der Waals surface area contributed by atoms with E-state index < -0.39 is 0 Å². The molecule has 0 unspecified atom stereocenters. The molecule has 0 fully saturated rings. The van der Waals surface area contributed by atoms with Gasteiger partial charge in [0.25, 0.3) is 0 Å². The van der Waals surface area contributed by atoms with Crippen LogP contribution in [0.5, 0.6) is 0 Å². The maximum atomic E-state index is 4.32. The van der Waals surface area contributed by atoms with Crippen LogP contribution in [0.1, 0.15) is 5.56 Å². The van der Waals surface area contributed by atoms with E-state index in [0.29, 0.717) is 0 Å². The van der Waals surface area contributed by atoms with Gasteiger partial charge in [-0.15, -0.1) is 4.43 Å². The van der Waals surface area contributed by atoms with Crippen LogP contribution in [0.4, 0.5) is 0 Å². The number of nitrogens with zero attached hydrogens (tertiary/aromatic N) is 1. The van der Waals surface area contributed by atoms with Gasteiger partial charge in [-0.1, -0.05) is 18.2 Å². The van der Waals surface area contributed by atoms with E-state index in [0.717, 1.165) is 9.94 Å². The Bertz CT molecular complexity index is 383. The lowest BCUT2D eigenvalue weighted by molar-refractivity contribution is 1.40. The number of aryl methyl sites for hydroxylation is 1. The minimum Gasteiger partial charge on any atom is -0.258 e. The van der Waals surface area contributed by atoms with Crippen LogP contribution in [0.2, 0.25) is 0 Å². The third-order valence-electron chi connectivity index (χ3n) is 2.02. The van der Waals surface area contributed by atoms with E-state index in [-0.39, 0.29) is 0 Å². The molecule has 12 heavy (non-hydrogen) atoms. The molecular formula is C10H8AlN. The number of aromatic nitrogens is 1. The summed E-state index contributed by atoms with van der Waals surface area (Å²) in [5.74, 6) is 0. The highest BCUT2D eigenvalue weighted by Gasteiger charge is 1.97. The first-order valence-electron chi connectivity index (χ1n) is 3.89. The summed E-state index contributed by atoms with van der Waals surface area (Å²) < 4.78 is 1.16. The average molecular weight is 169 g/mol. The van der Waals surface area contributed by atoms with Crippen LogP contribution in [-0.4, -0.2) is 21.3 Å². The van der Waals surface area contributed by atoms with Gasteiger partial charge in [0.2, 0.25) is 0 Å². The summed E-state index contributed by atoms with van der Waals surface area (Å²) in [4.78, 5) is 4.32. The lowest BCUT2D eigenvalue weighted by atomic mass is 10.1. The topological polar surface area (TPSA) is 12.9 Å². The molecule has 1 aromatic heterocycles. The molecule has 1 heterocycles. The summed E-state index contributed by atoms with van der Waals surface area (Å²) in [6.07, 6.45) is 1.83. The average Bonchev–Trinajstić information content (AvgIpc) is 2.12. The summed E-state index contributed by atoms with van der Waals surface area (Å²) >= 11 is 2.70. The van der Waals surface area contributed by atoms with E-state index in [9.17, 15) is 0 Å². The van der Waals surface area contributed by atoms with Crippen molar-refractivity contribution in [1.82, 2.24) is 4.98 Å². The van der Waals surface area contributed by atoms with Gasteiger partial charge in [0.05, 0.1) is 5.52 Å². The molecule has 0 bridgehead atoms. The molecule has 0 saturated carbocycles. The van der Waals surface area contributed by atoms with Crippen LogP contribution in [0.3, 0.4) is 0 Å². The molecule has 0 spiro atoms. The highest BCUT2D eigenvalue weighted by Crippen LogP contribution is 2.12. The van der Waals surface area contributed by atoms with Gasteiger partial charge in [0.15, 0.2) is 16.3 Å². The Balaban J connectivity index is 2.95. The van der Waals surface area contributed by atoms with Gasteiger partial charge in [-0.3, -0.25) is 4.98 Å². The molecule has 1 aromatic carbocycles. The van der Waals surface area contributed by atoms with E-state index in [1.807, 2.05) is 12.3 Å². The fourth-order valence-corrected chi connectivity index (χ4v) is 1.66. The fraction of sp³-hybridized carbons (Fsp3) is 0.100. The van der Waals surface area contributed by atoms with Crippen LogP contribution in [0.25, 0.3) is 10.9 Å². The monoisotopic (exact) mass is 169 g/mol. The van der Waals surface area contributed by atoms with Crippen molar-refractivity contribution >= 4 is 31.6 Å². The number of benzene rings is 1. The molecule has 2 rings (SSSR count). The number of fused-ring (bicyclic) bond motifs is 1. The second-order valence-corrected chi connectivity index (χ2v) is 3.49. The normalized spacial score (nSPS) is 10.4. The van der Waals surface area contributed by atoms with Crippen molar-refractivity contribution in [1.29, 1.82) is 0 Å². The number of hydrogen-bond donors (Lipinski definition) is 0. The predicted octanol–water partition coefficient (Wildman–Crippen LogP) is 1.34. The highest BCUT2D eigenvalue weighted by atomic mass is 27.0. The van der Waals surface area contributed by atoms with E-state index >= 15 is 0 Å². The van der Waals surface area contributed by atoms with E-state index in [2.05, 4.69) is 46.4 Å². The zero-order chi connectivity index (χ0) is 8.55. The molecule has 2 heteroatoms. The zero-order valence-corrected chi connectivity index (χ0v) is 8.07. The van der Waals surface area contributed by atoms with Crippen molar-refractivity contribution in [2.75, 3.05) is 0 Å². The van der Waals surface area contributed by atoms with Gasteiger partial charge >= 0.3 is 0 Å². The molecule has 1 nitrogen and oxygen atoms in total. The molecule has 0 aliphatic heterocycles. The quantitative estimate of drug-likeness (QED) is 0.542. The Morgan fingerprint density at radius 3 is 2.83 bits per heavy atom. The maximum Gasteiger partial charge on any atom is 0.179 e. The van der Waals surface area contributed by atoms with Gasteiger partial charge in [-0.2, -0.15) is 0 Å². The standard InChI is InChI=1S/C10H8N.Al/c1-8-4-2-6-10-9(8)5-3-7-11-10;/h2-5,7H,1H3;. The lowest BCUT2D eigenvalue weighted by Crippen LogP contribution is -2.05. The fourth-order valence-electron chi connectivity index (χ4n) is 1.34. The summed E-state index contributed by atoms with van der Waals surface area (Å²) in [6.45, 7) is 2.11. The largest absolute Gasteiger partial charge is 0.258 e. The number of pyridine rings is 1. The molecule has 0 aliphatic carbocycles. The van der Waals surface area contributed by atoms with Gasteiger partial charge in [0, 0.05) is 11.6 Å². The van der Waals surface area contributed by atoms with Crippen molar-refractivity contribution < 1.29 is 0 Å². The smallest absolute Gasteiger partial charge is 0.179 e. The minimum absolute atomic E-state index is 1.09. The molecule has 0 saturated heterocycles. The van der Waals surface area contributed by atoms with Crippen LogP contribution in [0.15, 0.2) is 30.5 Å². The Morgan fingerprint density at radius 1 is 1.25 bits per heavy atom. The maximum absolute atomic E-state index is 4.32. The summed E-state index contributed by atoms with van der Waals surface area (Å²) in [6, 6.07) is 8.27. The molecule has 0 aliphatic rings. The second kappa shape index (κ2) is 2.90.